The van der Waals surface area contributed by atoms with Crippen LogP contribution < -0.4 is 10.1 Å². The van der Waals surface area contributed by atoms with Crippen molar-refractivity contribution in [1.82, 2.24) is 10.2 Å². The third kappa shape index (κ3) is 8.17. The van der Waals surface area contributed by atoms with E-state index in [1.54, 1.807) is 42.5 Å². The molecule has 3 aromatic rings. The average molecular weight is 534 g/mol. The lowest BCUT2D eigenvalue weighted by atomic mass is 10.0. The third-order valence-corrected chi connectivity index (χ3v) is 6.32. The van der Waals surface area contributed by atoms with E-state index < -0.39 is 6.04 Å². The van der Waals surface area contributed by atoms with Gasteiger partial charge in [-0.15, -0.1) is 0 Å². The van der Waals surface area contributed by atoms with E-state index >= 15 is 0 Å². The molecule has 1 atom stereocenters. The van der Waals surface area contributed by atoms with E-state index in [1.807, 2.05) is 37.3 Å². The first-order valence-corrected chi connectivity index (χ1v) is 12.4. The second-order valence-corrected chi connectivity index (χ2v) is 9.26. The molecule has 0 bridgehead atoms. The lowest BCUT2D eigenvalue weighted by Crippen LogP contribution is -2.51. The Morgan fingerprint density at radius 2 is 1.63 bits per heavy atom. The summed E-state index contributed by atoms with van der Waals surface area (Å²) in [6, 6.07) is 20.8. The topological polar surface area (TPSA) is 58.6 Å². The number of ether oxygens (including phenoxy) is 1. The van der Waals surface area contributed by atoms with Gasteiger partial charge in [0.25, 0.3) is 5.91 Å². The Morgan fingerprint density at radius 1 is 0.914 bits per heavy atom. The van der Waals surface area contributed by atoms with Gasteiger partial charge in [-0.1, -0.05) is 78.1 Å². The molecule has 0 saturated heterocycles. The molecule has 0 aliphatic heterocycles. The minimum Gasteiger partial charge on any atom is -0.484 e. The molecule has 2 amide bonds. The summed E-state index contributed by atoms with van der Waals surface area (Å²) in [6.07, 6.45) is 1.13. The smallest absolute Gasteiger partial charge is 0.261 e. The van der Waals surface area contributed by atoms with Gasteiger partial charge in [-0.05, 0) is 53.9 Å². The van der Waals surface area contributed by atoms with E-state index in [9.17, 15) is 9.59 Å². The van der Waals surface area contributed by atoms with Gasteiger partial charge in [0.2, 0.25) is 5.91 Å². The highest BCUT2D eigenvalue weighted by Gasteiger charge is 2.30. The molecule has 184 valence electrons. The van der Waals surface area contributed by atoms with Gasteiger partial charge in [0, 0.05) is 24.5 Å². The predicted octanol–water partition coefficient (Wildman–Crippen LogP) is 6.19. The Hall–Kier alpha value is -2.73. The Bertz CT molecular complexity index is 1120. The molecule has 0 aliphatic carbocycles. The zero-order chi connectivity index (χ0) is 25.2. The quantitative estimate of drug-likeness (QED) is 0.320. The summed E-state index contributed by atoms with van der Waals surface area (Å²) < 4.78 is 5.72. The van der Waals surface area contributed by atoms with Crippen molar-refractivity contribution < 1.29 is 14.3 Å². The summed E-state index contributed by atoms with van der Waals surface area (Å²) in [6.45, 7) is 2.41. The van der Waals surface area contributed by atoms with Crippen molar-refractivity contribution in [3.8, 4) is 5.75 Å². The van der Waals surface area contributed by atoms with Crippen molar-refractivity contribution >= 4 is 46.6 Å². The van der Waals surface area contributed by atoms with E-state index in [0.29, 0.717) is 33.8 Å². The lowest BCUT2D eigenvalue weighted by Gasteiger charge is -2.31. The van der Waals surface area contributed by atoms with Crippen LogP contribution in [0.15, 0.2) is 72.8 Å². The summed E-state index contributed by atoms with van der Waals surface area (Å²) in [5.74, 6) is -0.0542. The number of nitrogens with one attached hydrogen (secondary N) is 1. The molecule has 35 heavy (non-hydrogen) atoms. The molecule has 0 radical (unpaired) electrons. The van der Waals surface area contributed by atoms with Gasteiger partial charge in [-0.2, -0.15) is 0 Å². The number of benzene rings is 3. The van der Waals surface area contributed by atoms with Crippen LogP contribution in [0, 0.1) is 0 Å². The van der Waals surface area contributed by atoms with Gasteiger partial charge in [-0.25, -0.2) is 0 Å². The molecule has 5 nitrogen and oxygen atoms in total. The standard InChI is InChI=1S/C27H27Cl3N2O3/c1-2-14-31-27(34)25(16-19-6-4-3-5-7-19)32(17-20-8-13-23(29)24(30)15-20)26(33)18-35-22-11-9-21(28)10-12-22/h3-13,15,25H,2,14,16-18H2,1H3,(H,31,34). The van der Waals surface area contributed by atoms with Crippen LogP contribution in [-0.4, -0.2) is 35.9 Å². The maximum absolute atomic E-state index is 13.5. The fourth-order valence-corrected chi connectivity index (χ4v) is 3.96. The fourth-order valence-electron chi connectivity index (χ4n) is 3.51. The maximum atomic E-state index is 13.5. The summed E-state index contributed by atoms with van der Waals surface area (Å²) >= 11 is 18.2. The summed E-state index contributed by atoms with van der Waals surface area (Å²) in [5, 5.41) is 4.30. The molecule has 1 N–H and O–H groups in total. The monoisotopic (exact) mass is 532 g/mol. The Balaban J connectivity index is 1.90. The highest BCUT2D eigenvalue weighted by molar-refractivity contribution is 6.42. The van der Waals surface area contributed by atoms with Gasteiger partial charge in [-0.3, -0.25) is 9.59 Å². The lowest BCUT2D eigenvalue weighted by molar-refractivity contribution is -0.142. The highest BCUT2D eigenvalue weighted by atomic mass is 35.5. The molecule has 0 aliphatic rings. The first kappa shape index (κ1) is 26.9. The third-order valence-electron chi connectivity index (χ3n) is 5.33. The minimum atomic E-state index is -0.750. The second kappa shape index (κ2) is 13.4. The molecule has 0 heterocycles. The SMILES string of the molecule is CCCNC(=O)C(Cc1ccccc1)N(Cc1ccc(Cl)c(Cl)c1)C(=O)COc1ccc(Cl)cc1. The highest BCUT2D eigenvalue weighted by Crippen LogP contribution is 2.24. The maximum Gasteiger partial charge on any atom is 0.261 e. The van der Waals surface area contributed by atoms with Crippen molar-refractivity contribution in [2.24, 2.45) is 0 Å². The average Bonchev–Trinajstić information content (AvgIpc) is 2.86. The molecule has 3 aromatic carbocycles. The molecule has 0 spiro atoms. The van der Waals surface area contributed by atoms with Gasteiger partial charge in [0.1, 0.15) is 11.8 Å². The molecule has 0 saturated carbocycles. The van der Waals surface area contributed by atoms with Crippen LogP contribution in [0.1, 0.15) is 24.5 Å². The molecule has 0 aromatic heterocycles. The summed E-state index contributed by atoms with van der Waals surface area (Å²) in [7, 11) is 0. The van der Waals surface area contributed by atoms with E-state index in [4.69, 9.17) is 39.5 Å². The summed E-state index contributed by atoms with van der Waals surface area (Å²) in [5.41, 5.74) is 1.69. The zero-order valence-electron chi connectivity index (χ0n) is 19.3. The molecular weight excluding hydrogens is 507 g/mol. The van der Waals surface area contributed by atoms with Crippen LogP contribution in [-0.2, 0) is 22.6 Å². The van der Waals surface area contributed by atoms with E-state index in [2.05, 4.69) is 5.32 Å². The van der Waals surface area contributed by atoms with E-state index in [0.717, 1.165) is 17.5 Å². The second-order valence-electron chi connectivity index (χ2n) is 8.01. The van der Waals surface area contributed by atoms with Crippen LogP contribution in [0.4, 0.5) is 0 Å². The van der Waals surface area contributed by atoms with Crippen LogP contribution in [0.2, 0.25) is 15.1 Å². The zero-order valence-corrected chi connectivity index (χ0v) is 21.6. The van der Waals surface area contributed by atoms with Crippen molar-refractivity contribution in [3.63, 3.8) is 0 Å². The molecule has 0 fully saturated rings. The number of hydrogen-bond acceptors (Lipinski definition) is 3. The summed E-state index contributed by atoms with van der Waals surface area (Å²) in [4.78, 5) is 28.3. The molecular formula is C27H27Cl3N2O3. The largest absolute Gasteiger partial charge is 0.484 e. The Kier molecular flexibility index (Phi) is 10.3. The van der Waals surface area contributed by atoms with E-state index in [-0.39, 0.29) is 25.0 Å². The fraction of sp³-hybridized carbons (Fsp3) is 0.259. The Morgan fingerprint density at radius 3 is 2.29 bits per heavy atom. The minimum absolute atomic E-state index is 0.163. The van der Waals surface area contributed by atoms with Crippen LogP contribution in [0.3, 0.4) is 0 Å². The van der Waals surface area contributed by atoms with Crippen molar-refractivity contribution in [2.75, 3.05) is 13.2 Å². The van der Waals surface area contributed by atoms with Crippen LogP contribution >= 0.6 is 34.8 Å². The molecule has 1 unspecified atom stereocenters. The van der Waals surface area contributed by atoms with Crippen LogP contribution in [0.5, 0.6) is 5.75 Å². The van der Waals surface area contributed by atoms with Crippen molar-refractivity contribution in [3.05, 3.63) is 99.0 Å². The number of amides is 2. The normalized spacial score (nSPS) is 11.5. The number of carbonyl (C=O) groups excluding carboxylic acids is 2. The van der Waals surface area contributed by atoms with Gasteiger partial charge in [0.05, 0.1) is 10.0 Å². The van der Waals surface area contributed by atoms with Gasteiger partial charge in [0.15, 0.2) is 6.61 Å². The Labute approximate surface area is 220 Å². The molecule has 3 rings (SSSR count). The van der Waals surface area contributed by atoms with E-state index in [1.165, 1.54) is 4.90 Å². The predicted molar refractivity (Wildman–Crippen MR) is 141 cm³/mol. The number of nitrogens with zero attached hydrogens (tertiary/aromatic N) is 1. The first-order chi connectivity index (χ1) is 16.9. The number of hydrogen-bond donors (Lipinski definition) is 1. The van der Waals surface area contributed by atoms with Crippen LogP contribution in [0.25, 0.3) is 0 Å². The van der Waals surface area contributed by atoms with Gasteiger partial charge >= 0.3 is 0 Å². The number of rotatable bonds is 11. The number of carbonyl (C=O) groups is 2. The van der Waals surface area contributed by atoms with Crippen molar-refractivity contribution in [1.29, 1.82) is 0 Å². The molecule has 8 heteroatoms. The van der Waals surface area contributed by atoms with Gasteiger partial charge < -0.3 is 15.0 Å². The first-order valence-electron chi connectivity index (χ1n) is 11.3. The van der Waals surface area contributed by atoms with Crippen molar-refractivity contribution in [2.45, 2.75) is 32.4 Å². The number of halogens is 3.